The standard InChI is InChI=1S/C10H18N2S/c1-5-6-11-10-12-9(7(2)3)8(4)13-10/h7H,5-6H2,1-4H3,(H,11,12). The SMILES string of the molecule is CCCNc1nc(C(C)C)c(C)s1. The predicted octanol–water partition coefficient (Wildman–Crippen LogP) is 3.40. The third kappa shape index (κ3) is 2.69. The van der Waals surface area contributed by atoms with E-state index >= 15 is 0 Å². The van der Waals surface area contributed by atoms with Gasteiger partial charge in [-0.2, -0.15) is 0 Å². The Balaban J connectivity index is 2.71. The Labute approximate surface area is 84.4 Å². The number of nitrogens with zero attached hydrogens (tertiary/aromatic N) is 1. The summed E-state index contributed by atoms with van der Waals surface area (Å²) in [6.07, 6.45) is 1.15. The molecule has 13 heavy (non-hydrogen) atoms. The number of hydrogen-bond acceptors (Lipinski definition) is 3. The van der Waals surface area contributed by atoms with Crippen LogP contribution in [0, 0.1) is 6.92 Å². The molecule has 0 aliphatic carbocycles. The van der Waals surface area contributed by atoms with Crippen LogP contribution < -0.4 is 5.32 Å². The molecule has 1 heterocycles. The minimum atomic E-state index is 0.536. The van der Waals surface area contributed by atoms with E-state index in [1.54, 1.807) is 11.3 Å². The van der Waals surface area contributed by atoms with Crippen LogP contribution in [-0.2, 0) is 0 Å². The van der Waals surface area contributed by atoms with Gasteiger partial charge in [0.25, 0.3) is 0 Å². The zero-order chi connectivity index (χ0) is 9.84. The molecular formula is C10H18N2S. The lowest BCUT2D eigenvalue weighted by atomic mass is 10.1. The largest absolute Gasteiger partial charge is 0.362 e. The fourth-order valence-corrected chi connectivity index (χ4v) is 2.25. The molecule has 3 heteroatoms. The van der Waals surface area contributed by atoms with Crippen molar-refractivity contribution in [2.45, 2.75) is 40.0 Å². The Kier molecular flexibility index (Phi) is 3.72. The summed E-state index contributed by atoms with van der Waals surface area (Å²) in [5, 5.41) is 4.39. The zero-order valence-corrected chi connectivity index (χ0v) is 9.66. The minimum Gasteiger partial charge on any atom is -0.362 e. The van der Waals surface area contributed by atoms with Gasteiger partial charge in [0.05, 0.1) is 5.69 Å². The molecule has 1 aromatic heterocycles. The molecule has 0 saturated heterocycles. The van der Waals surface area contributed by atoms with E-state index < -0.39 is 0 Å². The molecule has 0 aliphatic rings. The Morgan fingerprint density at radius 3 is 2.62 bits per heavy atom. The maximum atomic E-state index is 4.55. The van der Waals surface area contributed by atoms with Gasteiger partial charge in [0.1, 0.15) is 0 Å². The number of rotatable bonds is 4. The molecule has 74 valence electrons. The monoisotopic (exact) mass is 198 g/mol. The molecule has 0 bridgehead atoms. The summed E-state index contributed by atoms with van der Waals surface area (Å²) in [5.74, 6) is 0.536. The molecular weight excluding hydrogens is 180 g/mol. The van der Waals surface area contributed by atoms with Crippen LogP contribution in [0.15, 0.2) is 0 Å². The number of aromatic nitrogens is 1. The van der Waals surface area contributed by atoms with Crippen LogP contribution >= 0.6 is 11.3 Å². The van der Waals surface area contributed by atoms with E-state index in [-0.39, 0.29) is 0 Å². The van der Waals surface area contributed by atoms with Crippen molar-refractivity contribution in [1.29, 1.82) is 0 Å². The van der Waals surface area contributed by atoms with E-state index in [1.165, 1.54) is 10.6 Å². The number of hydrogen-bond donors (Lipinski definition) is 1. The van der Waals surface area contributed by atoms with E-state index in [0.29, 0.717) is 5.92 Å². The molecule has 0 saturated carbocycles. The van der Waals surface area contributed by atoms with Crippen LogP contribution in [0.25, 0.3) is 0 Å². The van der Waals surface area contributed by atoms with Gasteiger partial charge >= 0.3 is 0 Å². The van der Waals surface area contributed by atoms with Crippen LogP contribution in [0.5, 0.6) is 0 Å². The summed E-state index contributed by atoms with van der Waals surface area (Å²) in [4.78, 5) is 5.90. The molecule has 0 aliphatic heterocycles. The average Bonchev–Trinajstić information content (AvgIpc) is 2.43. The van der Waals surface area contributed by atoms with Crippen LogP contribution in [0.3, 0.4) is 0 Å². The smallest absolute Gasteiger partial charge is 0.183 e. The molecule has 0 radical (unpaired) electrons. The van der Waals surface area contributed by atoms with Crippen LogP contribution in [0.2, 0.25) is 0 Å². The van der Waals surface area contributed by atoms with Crippen LogP contribution in [0.1, 0.15) is 43.7 Å². The number of aryl methyl sites for hydroxylation is 1. The van der Waals surface area contributed by atoms with E-state index in [0.717, 1.165) is 18.1 Å². The molecule has 0 fully saturated rings. The molecule has 0 spiro atoms. The maximum Gasteiger partial charge on any atom is 0.183 e. The quantitative estimate of drug-likeness (QED) is 0.802. The van der Waals surface area contributed by atoms with Gasteiger partial charge in [-0.1, -0.05) is 20.8 Å². The maximum absolute atomic E-state index is 4.55. The second kappa shape index (κ2) is 4.61. The lowest BCUT2D eigenvalue weighted by Crippen LogP contribution is -1.99. The van der Waals surface area contributed by atoms with Gasteiger partial charge in [-0.3, -0.25) is 0 Å². The Hall–Kier alpha value is -0.570. The molecule has 1 rings (SSSR count). The van der Waals surface area contributed by atoms with E-state index in [9.17, 15) is 0 Å². The Morgan fingerprint density at radius 1 is 1.46 bits per heavy atom. The van der Waals surface area contributed by atoms with Gasteiger partial charge in [-0.15, -0.1) is 11.3 Å². The van der Waals surface area contributed by atoms with Crippen molar-refractivity contribution in [1.82, 2.24) is 4.98 Å². The van der Waals surface area contributed by atoms with E-state index in [4.69, 9.17) is 0 Å². The van der Waals surface area contributed by atoms with Gasteiger partial charge in [-0.05, 0) is 19.3 Å². The Morgan fingerprint density at radius 2 is 2.15 bits per heavy atom. The lowest BCUT2D eigenvalue weighted by Gasteiger charge is -2.00. The predicted molar refractivity (Wildman–Crippen MR) is 59.7 cm³/mol. The molecule has 0 aromatic carbocycles. The van der Waals surface area contributed by atoms with Crippen molar-refractivity contribution in [3.8, 4) is 0 Å². The molecule has 1 N–H and O–H groups in total. The summed E-state index contributed by atoms with van der Waals surface area (Å²) in [5.41, 5.74) is 1.24. The van der Waals surface area contributed by atoms with E-state index in [2.05, 4.69) is 38.0 Å². The molecule has 0 amide bonds. The van der Waals surface area contributed by atoms with E-state index in [1.807, 2.05) is 0 Å². The number of nitrogens with one attached hydrogen (secondary N) is 1. The first-order valence-corrected chi connectivity index (χ1v) is 5.68. The molecule has 0 atom stereocenters. The summed E-state index contributed by atoms with van der Waals surface area (Å²) < 4.78 is 0. The third-order valence-electron chi connectivity index (χ3n) is 1.91. The summed E-state index contributed by atoms with van der Waals surface area (Å²) in [7, 11) is 0. The zero-order valence-electron chi connectivity index (χ0n) is 8.85. The second-order valence-electron chi connectivity index (χ2n) is 3.54. The first kappa shape index (κ1) is 10.5. The molecule has 0 unspecified atom stereocenters. The highest BCUT2D eigenvalue weighted by molar-refractivity contribution is 7.15. The first-order chi connectivity index (χ1) is 6.15. The van der Waals surface area contributed by atoms with Gasteiger partial charge < -0.3 is 5.32 Å². The van der Waals surface area contributed by atoms with Crippen molar-refractivity contribution in [3.05, 3.63) is 10.6 Å². The van der Waals surface area contributed by atoms with Gasteiger partial charge in [0.2, 0.25) is 0 Å². The van der Waals surface area contributed by atoms with Crippen molar-refractivity contribution >= 4 is 16.5 Å². The van der Waals surface area contributed by atoms with Gasteiger partial charge in [0.15, 0.2) is 5.13 Å². The first-order valence-electron chi connectivity index (χ1n) is 4.86. The van der Waals surface area contributed by atoms with Crippen molar-refractivity contribution < 1.29 is 0 Å². The van der Waals surface area contributed by atoms with Crippen molar-refractivity contribution in [3.63, 3.8) is 0 Å². The Bertz CT molecular complexity index is 266. The molecule has 2 nitrogen and oxygen atoms in total. The van der Waals surface area contributed by atoms with Gasteiger partial charge in [0, 0.05) is 11.4 Å². The summed E-state index contributed by atoms with van der Waals surface area (Å²) in [6, 6.07) is 0. The highest BCUT2D eigenvalue weighted by atomic mass is 32.1. The third-order valence-corrected chi connectivity index (χ3v) is 2.85. The van der Waals surface area contributed by atoms with Crippen molar-refractivity contribution in [2.24, 2.45) is 0 Å². The second-order valence-corrected chi connectivity index (χ2v) is 4.75. The lowest BCUT2D eigenvalue weighted by molar-refractivity contribution is 0.824. The van der Waals surface area contributed by atoms with Crippen LogP contribution in [0.4, 0.5) is 5.13 Å². The normalized spacial score (nSPS) is 10.8. The topological polar surface area (TPSA) is 24.9 Å². The summed E-state index contributed by atoms with van der Waals surface area (Å²) in [6.45, 7) is 9.70. The fourth-order valence-electron chi connectivity index (χ4n) is 1.25. The molecule has 1 aromatic rings. The minimum absolute atomic E-state index is 0.536. The number of thiazole rings is 1. The van der Waals surface area contributed by atoms with Crippen molar-refractivity contribution in [2.75, 3.05) is 11.9 Å². The highest BCUT2D eigenvalue weighted by Gasteiger charge is 2.09. The average molecular weight is 198 g/mol. The fraction of sp³-hybridized carbons (Fsp3) is 0.700. The van der Waals surface area contributed by atoms with Gasteiger partial charge in [-0.25, -0.2) is 4.98 Å². The van der Waals surface area contributed by atoms with Crippen LogP contribution in [-0.4, -0.2) is 11.5 Å². The highest BCUT2D eigenvalue weighted by Crippen LogP contribution is 2.27. The number of anilines is 1. The summed E-state index contributed by atoms with van der Waals surface area (Å²) >= 11 is 1.76.